The van der Waals surface area contributed by atoms with Gasteiger partial charge in [-0.2, -0.15) is 0 Å². The lowest BCUT2D eigenvalue weighted by atomic mass is 10.0. The number of phenolic OH excluding ortho intramolecular Hbond substituents is 1. The Morgan fingerprint density at radius 3 is 2.62 bits per heavy atom. The highest BCUT2D eigenvalue weighted by atomic mass is 35.5. The number of phenols is 1. The molecule has 0 aliphatic rings. The summed E-state index contributed by atoms with van der Waals surface area (Å²) in [5, 5.41) is 20.2. The Kier molecular flexibility index (Phi) is 5.13. The summed E-state index contributed by atoms with van der Waals surface area (Å²) in [6, 6.07) is 1.42. The summed E-state index contributed by atoms with van der Waals surface area (Å²) in [4.78, 5) is 9.93. The number of hydrogen-bond acceptors (Lipinski definition) is 4. The Morgan fingerprint density at radius 2 is 2.19 bits per heavy atom. The van der Waals surface area contributed by atoms with Crippen LogP contribution in [0, 0.1) is 17.0 Å². The van der Waals surface area contributed by atoms with Crippen LogP contribution in [0.5, 0.6) is 5.75 Å². The largest absolute Gasteiger partial charge is 0.507 e. The van der Waals surface area contributed by atoms with Gasteiger partial charge in [0.05, 0.1) is 16.5 Å². The number of alkyl halides is 1. The Hall–Kier alpha value is -1.40. The predicted octanol–water partition coefficient (Wildman–Crippen LogP) is 2.00. The topological polar surface area (TPSA) is 89.4 Å². The van der Waals surface area contributed by atoms with Crippen LogP contribution >= 0.6 is 12.4 Å². The molecule has 1 rings (SSSR count). The summed E-state index contributed by atoms with van der Waals surface area (Å²) < 4.78 is 12.4. The van der Waals surface area contributed by atoms with E-state index in [1.54, 1.807) is 6.92 Å². The fourth-order valence-corrected chi connectivity index (χ4v) is 1.31. The summed E-state index contributed by atoms with van der Waals surface area (Å²) in [5.41, 5.74) is 5.28. The molecule has 0 spiro atoms. The third-order valence-electron chi connectivity index (χ3n) is 2.13. The number of nitro groups is 1. The van der Waals surface area contributed by atoms with Crippen LogP contribution in [0.25, 0.3) is 0 Å². The lowest BCUT2D eigenvalue weighted by Gasteiger charge is -2.11. The first-order valence-electron chi connectivity index (χ1n) is 4.27. The molecule has 3 N–H and O–H groups in total. The monoisotopic (exact) mass is 250 g/mol. The van der Waals surface area contributed by atoms with Crippen molar-refractivity contribution in [3.8, 4) is 5.75 Å². The zero-order valence-corrected chi connectivity index (χ0v) is 9.33. The van der Waals surface area contributed by atoms with Gasteiger partial charge in [0.15, 0.2) is 0 Å². The van der Waals surface area contributed by atoms with Crippen molar-refractivity contribution in [3.63, 3.8) is 0 Å². The smallest absolute Gasteiger partial charge is 0.278 e. The number of nitrogens with two attached hydrogens (primary N) is 1. The van der Waals surface area contributed by atoms with E-state index in [0.29, 0.717) is 5.56 Å². The highest BCUT2D eigenvalue weighted by molar-refractivity contribution is 5.85. The van der Waals surface area contributed by atoms with Gasteiger partial charge in [0.25, 0.3) is 5.69 Å². The number of aromatic hydroxyl groups is 1. The molecule has 0 radical (unpaired) electrons. The average molecular weight is 251 g/mol. The molecule has 0 aromatic heterocycles. The molecular weight excluding hydrogens is 239 g/mol. The summed E-state index contributed by atoms with van der Waals surface area (Å²) in [5.74, 6) is -0.311. The number of nitro benzene ring substituents is 1. The average Bonchev–Trinajstić information content (AvgIpc) is 2.20. The lowest BCUT2D eigenvalue weighted by Crippen LogP contribution is -2.14. The summed E-state index contributed by atoms with van der Waals surface area (Å²) in [7, 11) is 0. The van der Waals surface area contributed by atoms with E-state index >= 15 is 0 Å². The molecule has 0 amide bonds. The minimum absolute atomic E-state index is 0. The second-order valence-electron chi connectivity index (χ2n) is 3.18. The third-order valence-corrected chi connectivity index (χ3v) is 2.13. The van der Waals surface area contributed by atoms with Crippen LogP contribution in [-0.4, -0.2) is 16.7 Å². The van der Waals surface area contributed by atoms with Crippen LogP contribution in [0.1, 0.15) is 17.2 Å². The van der Waals surface area contributed by atoms with Crippen molar-refractivity contribution in [2.45, 2.75) is 13.0 Å². The summed E-state index contributed by atoms with van der Waals surface area (Å²) >= 11 is 0. The van der Waals surface area contributed by atoms with Gasteiger partial charge < -0.3 is 10.8 Å². The van der Waals surface area contributed by atoms with Gasteiger partial charge in [-0.05, 0) is 18.6 Å². The van der Waals surface area contributed by atoms with Gasteiger partial charge in [-0.1, -0.05) is 0 Å². The molecule has 5 nitrogen and oxygen atoms in total. The zero-order valence-electron chi connectivity index (χ0n) is 8.51. The minimum atomic E-state index is -1.18. The minimum Gasteiger partial charge on any atom is -0.507 e. The fourth-order valence-electron chi connectivity index (χ4n) is 1.31. The van der Waals surface area contributed by atoms with Gasteiger partial charge in [0.1, 0.15) is 12.4 Å². The third kappa shape index (κ3) is 2.59. The molecule has 0 bridgehead atoms. The highest BCUT2D eigenvalue weighted by Crippen LogP contribution is 2.34. The molecule has 7 heteroatoms. The van der Waals surface area contributed by atoms with Gasteiger partial charge in [-0.15, -0.1) is 12.4 Å². The normalized spacial score (nSPS) is 11.7. The molecule has 16 heavy (non-hydrogen) atoms. The van der Waals surface area contributed by atoms with Crippen molar-refractivity contribution in [1.82, 2.24) is 0 Å². The van der Waals surface area contributed by atoms with E-state index in [-0.39, 0.29) is 29.4 Å². The van der Waals surface area contributed by atoms with Gasteiger partial charge in [-0.25, -0.2) is 4.39 Å². The Morgan fingerprint density at radius 1 is 1.62 bits per heavy atom. The molecule has 0 saturated carbocycles. The van der Waals surface area contributed by atoms with Crippen LogP contribution < -0.4 is 5.73 Å². The van der Waals surface area contributed by atoms with Gasteiger partial charge in [0, 0.05) is 6.07 Å². The van der Waals surface area contributed by atoms with Crippen LogP contribution in [-0.2, 0) is 0 Å². The van der Waals surface area contributed by atoms with E-state index in [9.17, 15) is 19.6 Å². The van der Waals surface area contributed by atoms with E-state index in [1.807, 2.05) is 0 Å². The number of hydrogen-bond donors (Lipinski definition) is 2. The van der Waals surface area contributed by atoms with E-state index in [1.165, 1.54) is 12.1 Å². The molecule has 0 aliphatic heterocycles. The lowest BCUT2D eigenvalue weighted by molar-refractivity contribution is -0.385. The van der Waals surface area contributed by atoms with Crippen molar-refractivity contribution < 1.29 is 14.4 Å². The number of benzene rings is 1. The van der Waals surface area contributed by atoms with Crippen molar-refractivity contribution in [1.29, 1.82) is 0 Å². The Labute approximate surface area is 97.6 Å². The van der Waals surface area contributed by atoms with E-state index in [0.717, 1.165) is 0 Å². The first-order valence-corrected chi connectivity index (χ1v) is 4.27. The number of aryl methyl sites for hydroxylation is 1. The molecule has 0 fully saturated rings. The second kappa shape index (κ2) is 5.62. The standard InChI is InChI=1S/C9H11FN2O3.ClH/c1-5-2-3-7(12(14)15)8(9(5)13)6(11)4-10;/h2-3,6,13H,4,11H2,1H3;1H/t6-;/m1./s1. The van der Waals surface area contributed by atoms with Crippen LogP contribution in [0.2, 0.25) is 0 Å². The van der Waals surface area contributed by atoms with E-state index in [4.69, 9.17) is 5.73 Å². The zero-order chi connectivity index (χ0) is 11.6. The molecule has 90 valence electrons. The highest BCUT2D eigenvalue weighted by Gasteiger charge is 2.24. The first-order chi connectivity index (χ1) is 6.99. The van der Waals surface area contributed by atoms with Crippen molar-refractivity contribution in [2.75, 3.05) is 6.67 Å². The first kappa shape index (κ1) is 14.6. The molecule has 0 heterocycles. The second-order valence-corrected chi connectivity index (χ2v) is 3.18. The molecular formula is C9H12ClFN2O3. The van der Waals surface area contributed by atoms with Gasteiger partial charge in [-0.3, -0.25) is 10.1 Å². The van der Waals surface area contributed by atoms with E-state index < -0.39 is 17.6 Å². The number of halogens is 2. The van der Waals surface area contributed by atoms with Crippen molar-refractivity contribution in [3.05, 3.63) is 33.4 Å². The van der Waals surface area contributed by atoms with Gasteiger partial charge in [0.2, 0.25) is 0 Å². The molecule has 0 saturated heterocycles. The molecule has 1 aromatic carbocycles. The summed E-state index contributed by atoms with van der Waals surface area (Å²) in [6.45, 7) is 0.603. The maximum Gasteiger partial charge on any atom is 0.278 e. The SMILES string of the molecule is Cc1ccc([N+](=O)[O-])c([C@H](N)CF)c1O.Cl. The molecule has 0 aliphatic carbocycles. The summed E-state index contributed by atoms with van der Waals surface area (Å²) in [6.07, 6.45) is 0. The maximum absolute atomic E-state index is 12.4. The van der Waals surface area contributed by atoms with Crippen LogP contribution in [0.4, 0.5) is 10.1 Å². The van der Waals surface area contributed by atoms with E-state index in [2.05, 4.69) is 0 Å². The van der Waals surface area contributed by atoms with Crippen molar-refractivity contribution >= 4 is 18.1 Å². The Balaban J connectivity index is 0.00000225. The molecule has 1 atom stereocenters. The number of rotatable bonds is 3. The van der Waals surface area contributed by atoms with Crippen molar-refractivity contribution in [2.24, 2.45) is 5.73 Å². The maximum atomic E-state index is 12.4. The Bertz CT molecular complexity index is 401. The molecule has 1 aromatic rings. The van der Waals surface area contributed by atoms with Crippen LogP contribution in [0.15, 0.2) is 12.1 Å². The van der Waals surface area contributed by atoms with Gasteiger partial charge >= 0.3 is 0 Å². The van der Waals surface area contributed by atoms with Crippen LogP contribution in [0.3, 0.4) is 0 Å². The number of nitrogens with zero attached hydrogens (tertiary/aromatic N) is 1. The predicted molar refractivity (Wildman–Crippen MR) is 59.6 cm³/mol. The quantitative estimate of drug-likeness (QED) is 0.634. The molecule has 0 unspecified atom stereocenters. The fraction of sp³-hybridized carbons (Fsp3) is 0.333.